The van der Waals surface area contributed by atoms with E-state index in [2.05, 4.69) is 32.6 Å². The molecule has 0 bridgehead atoms. The first-order valence-corrected chi connectivity index (χ1v) is 4.43. The Morgan fingerprint density at radius 2 is 2.33 bits per heavy atom. The summed E-state index contributed by atoms with van der Waals surface area (Å²) in [6.07, 6.45) is 1.59. The van der Waals surface area contributed by atoms with Crippen LogP contribution in [0.5, 0.6) is 0 Å². The molecule has 4 nitrogen and oxygen atoms in total. The van der Waals surface area contributed by atoms with Gasteiger partial charge in [-0.25, -0.2) is 4.98 Å². The lowest BCUT2D eigenvalue weighted by molar-refractivity contribution is 0.559. The van der Waals surface area contributed by atoms with Gasteiger partial charge in [0.15, 0.2) is 17.1 Å². The second-order valence-corrected chi connectivity index (χ2v) is 3.49. The Bertz CT molecular complexity index is 437. The molecule has 2 rings (SSSR count). The maximum absolute atomic E-state index is 5.64. The zero-order chi connectivity index (χ0) is 8.72. The van der Waals surface area contributed by atoms with Crippen LogP contribution in [0.2, 0.25) is 0 Å². The van der Waals surface area contributed by atoms with Crippen molar-refractivity contribution in [1.29, 1.82) is 0 Å². The van der Waals surface area contributed by atoms with Crippen LogP contribution >= 0.6 is 22.6 Å². The fourth-order valence-electron chi connectivity index (χ4n) is 0.965. The average molecular weight is 275 g/mol. The highest BCUT2D eigenvalue weighted by Crippen LogP contribution is 2.23. The molecule has 0 saturated heterocycles. The highest BCUT2D eigenvalue weighted by Gasteiger charge is 2.09. The van der Waals surface area contributed by atoms with Crippen molar-refractivity contribution in [2.24, 2.45) is 0 Å². The maximum atomic E-state index is 5.64. The molecule has 12 heavy (non-hydrogen) atoms. The smallest absolute Gasteiger partial charge is 0.200 e. The van der Waals surface area contributed by atoms with Crippen molar-refractivity contribution >= 4 is 39.5 Å². The van der Waals surface area contributed by atoms with Crippen LogP contribution in [-0.2, 0) is 0 Å². The number of fused-ring (bicyclic) bond motifs is 1. The molecule has 0 unspecified atom stereocenters. The van der Waals surface area contributed by atoms with Gasteiger partial charge < -0.3 is 10.2 Å². The summed E-state index contributed by atoms with van der Waals surface area (Å²) in [5.41, 5.74) is 7.55. The Labute approximate surface area is 82.3 Å². The van der Waals surface area contributed by atoms with E-state index in [0.29, 0.717) is 22.8 Å². The van der Waals surface area contributed by atoms with Crippen LogP contribution in [0.1, 0.15) is 5.89 Å². The van der Waals surface area contributed by atoms with Crippen LogP contribution in [-0.4, -0.2) is 9.97 Å². The molecule has 0 aromatic carbocycles. The SMILES string of the molecule is Cc1nc2ncc(N)c(I)c2o1. The number of hydrogen-bond donors (Lipinski definition) is 1. The minimum atomic E-state index is 0.612. The number of halogens is 1. The molecule has 0 amide bonds. The summed E-state index contributed by atoms with van der Waals surface area (Å²) < 4.78 is 6.19. The largest absolute Gasteiger partial charge is 0.438 e. The summed E-state index contributed by atoms with van der Waals surface area (Å²) in [4.78, 5) is 8.10. The molecular weight excluding hydrogens is 269 g/mol. The Morgan fingerprint density at radius 3 is 3.08 bits per heavy atom. The van der Waals surface area contributed by atoms with Gasteiger partial charge in [0.1, 0.15) is 0 Å². The van der Waals surface area contributed by atoms with Crippen molar-refractivity contribution in [3.8, 4) is 0 Å². The number of nitrogen functional groups attached to an aromatic ring is 1. The lowest BCUT2D eigenvalue weighted by atomic mass is 10.4. The van der Waals surface area contributed by atoms with Crippen molar-refractivity contribution in [3.63, 3.8) is 0 Å². The van der Waals surface area contributed by atoms with Gasteiger partial charge in [0.2, 0.25) is 0 Å². The average Bonchev–Trinajstić information content (AvgIpc) is 2.39. The van der Waals surface area contributed by atoms with Crippen molar-refractivity contribution < 1.29 is 4.42 Å². The predicted molar refractivity (Wildman–Crippen MR) is 53.7 cm³/mol. The molecule has 2 heterocycles. The Kier molecular flexibility index (Phi) is 1.67. The van der Waals surface area contributed by atoms with E-state index in [1.54, 1.807) is 13.1 Å². The van der Waals surface area contributed by atoms with Gasteiger partial charge in [0, 0.05) is 6.92 Å². The van der Waals surface area contributed by atoms with E-state index in [-0.39, 0.29) is 0 Å². The molecule has 2 aromatic heterocycles. The van der Waals surface area contributed by atoms with Gasteiger partial charge in [-0.2, -0.15) is 4.98 Å². The summed E-state index contributed by atoms with van der Waals surface area (Å²) >= 11 is 2.12. The molecule has 0 radical (unpaired) electrons. The predicted octanol–water partition coefficient (Wildman–Crippen LogP) is 1.72. The quantitative estimate of drug-likeness (QED) is 0.743. The minimum absolute atomic E-state index is 0.612. The van der Waals surface area contributed by atoms with Gasteiger partial charge in [-0.05, 0) is 22.6 Å². The van der Waals surface area contributed by atoms with Gasteiger partial charge in [0.25, 0.3) is 0 Å². The van der Waals surface area contributed by atoms with E-state index in [1.807, 2.05) is 0 Å². The minimum Gasteiger partial charge on any atom is -0.438 e. The van der Waals surface area contributed by atoms with E-state index < -0.39 is 0 Å². The molecule has 0 aliphatic rings. The zero-order valence-corrected chi connectivity index (χ0v) is 8.49. The highest BCUT2D eigenvalue weighted by atomic mass is 127. The number of aromatic nitrogens is 2. The number of rotatable bonds is 0. The topological polar surface area (TPSA) is 64.9 Å². The first-order valence-electron chi connectivity index (χ1n) is 3.35. The third-order valence-electron chi connectivity index (χ3n) is 1.49. The van der Waals surface area contributed by atoms with Crippen molar-refractivity contribution in [1.82, 2.24) is 9.97 Å². The molecule has 0 spiro atoms. The van der Waals surface area contributed by atoms with Gasteiger partial charge in [-0.3, -0.25) is 0 Å². The van der Waals surface area contributed by atoms with Crippen LogP contribution in [0.4, 0.5) is 5.69 Å². The summed E-state index contributed by atoms with van der Waals surface area (Å²) in [5.74, 6) is 0.612. The van der Waals surface area contributed by atoms with E-state index in [1.165, 1.54) is 0 Å². The van der Waals surface area contributed by atoms with E-state index in [4.69, 9.17) is 10.2 Å². The third kappa shape index (κ3) is 1.04. The molecule has 0 aliphatic carbocycles. The molecule has 2 N–H and O–H groups in total. The van der Waals surface area contributed by atoms with Crippen LogP contribution in [0.15, 0.2) is 10.6 Å². The second-order valence-electron chi connectivity index (χ2n) is 2.41. The number of hydrogen-bond acceptors (Lipinski definition) is 4. The Balaban J connectivity index is 2.89. The van der Waals surface area contributed by atoms with Crippen LogP contribution < -0.4 is 5.73 Å². The number of pyridine rings is 1. The fraction of sp³-hybridized carbons (Fsp3) is 0.143. The van der Waals surface area contributed by atoms with Crippen molar-refractivity contribution in [2.45, 2.75) is 6.92 Å². The third-order valence-corrected chi connectivity index (χ3v) is 2.61. The molecule has 5 heteroatoms. The molecule has 0 atom stereocenters. The zero-order valence-electron chi connectivity index (χ0n) is 6.34. The van der Waals surface area contributed by atoms with Gasteiger partial charge in [-0.1, -0.05) is 0 Å². The number of aryl methyl sites for hydroxylation is 1. The van der Waals surface area contributed by atoms with Gasteiger partial charge in [0.05, 0.1) is 15.5 Å². The van der Waals surface area contributed by atoms with E-state index in [9.17, 15) is 0 Å². The normalized spacial score (nSPS) is 10.8. The molecule has 0 fully saturated rings. The summed E-state index contributed by atoms with van der Waals surface area (Å²) in [6, 6.07) is 0. The Morgan fingerprint density at radius 1 is 1.58 bits per heavy atom. The van der Waals surface area contributed by atoms with E-state index >= 15 is 0 Å². The van der Waals surface area contributed by atoms with Crippen molar-refractivity contribution in [2.75, 3.05) is 5.73 Å². The monoisotopic (exact) mass is 275 g/mol. The summed E-state index contributed by atoms with van der Waals surface area (Å²) in [7, 11) is 0. The lowest BCUT2D eigenvalue weighted by Crippen LogP contribution is -1.90. The number of oxazole rings is 1. The Hall–Kier alpha value is -0.850. The molecule has 2 aromatic rings. The summed E-state index contributed by atoms with van der Waals surface area (Å²) in [6.45, 7) is 1.79. The second kappa shape index (κ2) is 2.58. The molecule has 0 aliphatic heterocycles. The first kappa shape index (κ1) is 7.78. The number of anilines is 1. The van der Waals surface area contributed by atoms with Gasteiger partial charge in [-0.15, -0.1) is 0 Å². The first-order chi connectivity index (χ1) is 5.68. The molecule has 0 saturated carbocycles. The van der Waals surface area contributed by atoms with E-state index in [0.717, 1.165) is 3.57 Å². The molecular formula is C7H6IN3O. The van der Waals surface area contributed by atoms with Crippen LogP contribution in [0.3, 0.4) is 0 Å². The maximum Gasteiger partial charge on any atom is 0.200 e. The van der Waals surface area contributed by atoms with Gasteiger partial charge >= 0.3 is 0 Å². The molecule has 62 valence electrons. The standard InChI is InChI=1S/C7H6IN3O/c1-3-11-7-6(12-3)5(8)4(9)2-10-7/h2H,9H2,1H3. The highest BCUT2D eigenvalue weighted by molar-refractivity contribution is 14.1. The summed E-state index contributed by atoms with van der Waals surface area (Å²) in [5, 5.41) is 0. The number of nitrogens with two attached hydrogens (primary N) is 1. The fourth-order valence-corrected chi connectivity index (χ4v) is 1.46. The van der Waals surface area contributed by atoms with Crippen molar-refractivity contribution in [3.05, 3.63) is 15.7 Å². The lowest BCUT2D eigenvalue weighted by Gasteiger charge is -1.94. The number of nitrogens with zero attached hydrogens (tertiary/aromatic N) is 2. The van der Waals surface area contributed by atoms with Crippen LogP contribution in [0, 0.1) is 10.5 Å². The van der Waals surface area contributed by atoms with Crippen LogP contribution in [0.25, 0.3) is 11.2 Å².